The molecule has 7 atom stereocenters. The molecule has 3 aliphatic heterocycles. The number of nitrogens with zero attached hydrogens (tertiary/aromatic N) is 2. The highest BCUT2D eigenvalue weighted by atomic mass is 79.9. The van der Waals surface area contributed by atoms with E-state index in [9.17, 15) is 24.6 Å². The smallest absolute Gasteiger partial charge is 0.308 e. The number of aryl methyl sites for hydroxylation is 2. The van der Waals surface area contributed by atoms with Crippen molar-refractivity contribution in [2.45, 2.75) is 53.6 Å². The summed E-state index contributed by atoms with van der Waals surface area (Å²) in [6, 6.07) is 13.8. The minimum absolute atomic E-state index is 0.141. The van der Waals surface area contributed by atoms with Crippen molar-refractivity contribution in [3.8, 4) is 0 Å². The lowest BCUT2D eigenvalue weighted by molar-refractivity contribution is -0.149. The number of carboxylic acids is 1. The van der Waals surface area contributed by atoms with Crippen LogP contribution in [0.1, 0.15) is 23.1 Å². The summed E-state index contributed by atoms with van der Waals surface area (Å²) in [4.78, 5) is 44.6. The van der Waals surface area contributed by atoms with Gasteiger partial charge in [0.2, 0.25) is 5.91 Å². The van der Waals surface area contributed by atoms with Crippen molar-refractivity contribution in [2.24, 2.45) is 11.8 Å². The second-order valence-corrected chi connectivity index (χ2v) is 13.5. The molecule has 3 heterocycles. The average molecular weight is 614 g/mol. The van der Waals surface area contributed by atoms with Crippen molar-refractivity contribution in [3.63, 3.8) is 0 Å². The Morgan fingerprint density at radius 1 is 1.26 bits per heavy atom. The predicted octanol–water partition coefficient (Wildman–Crippen LogP) is 3.98. The molecular weight excluding hydrogens is 580 g/mol. The summed E-state index contributed by atoms with van der Waals surface area (Å²) in [6.07, 6.45) is 2.51. The first-order chi connectivity index (χ1) is 18.6. The summed E-state index contributed by atoms with van der Waals surface area (Å²) in [5, 5.41) is 20.5. The summed E-state index contributed by atoms with van der Waals surface area (Å²) < 4.78 is -0.919. The van der Waals surface area contributed by atoms with Gasteiger partial charge >= 0.3 is 5.97 Å². The SMILES string of the molecule is C=CCN(C(=O)C1N([C@@H](CO)Cc2ccccc2)C(=O)[C@@H]2[C@@H](C(=O)O)[C@@H]3SC12CC3Br)c1cc(C)ccc1C. The highest BCUT2D eigenvalue weighted by Gasteiger charge is 2.76. The number of alkyl halides is 1. The van der Waals surface area contributed by atoms with Crippen LogP contribution in [-0.4, -0.2) is 73.0 Å². The van der Waals surface area contributed by atoms with Gasteiger partial charge in [-0.1, -0.05) is 64.5 Å². The summed E-state index contributed by atoms with van der Waals surface area (Å²) in [5.74, 6) is -3.41. The van der Waals surface area contributed by atoms with E-state index < -0.39 is 34.6 Å². The number of amides is 2. The lowest BCUT2D eigenvalue weighted by atomic mass is 9.71. The van der Waals surface area contributed by atoms with Gasteiger partial charge in [-0.15, -0.1) is 18.3 Å². The predicted molar refractivity (Wildman–Crippen MR) is 156 cm³/mol. The quantitative estimate of drug-likeness (QED) is 0.328. The van der Waals surface area contributed by atoms with Crippen molar-refractivity contribution >= 4 is 51.2 Å². The number of hydrogen-bond donors (Lipinski definition) is 2. The Morgan fingerprint density at radius 3 is 2.62 bits per heavy atom. The Balaban J connectivity index is 1.65. The maximum absolute atomic E-state index is 14.8. The molecule has 3 aliphatic rings. The van der Waals surface area contributed by atoms with Gasteiger partial charge in [-0.2, -0.15) is 0 Å². The van der Waals surface area contributed by atoms with E-state index in [-0.39, 0.29) is 35.0 Å². The van der Waals surface area contributed by atoms with Crippen LogP contribution < -0.4 is 4.90 Å². The average Bonchev–Trinajstić information content (AvgIpc) is 3.51. The Morgan fingerprint density at radius 2 is 1.97 bits per heavy atom. The van der Waals surface area contributed by atoms with E-state index in [2.05, 4.69) is 22.5 Å². The molecule has 2 bridgehead atoms. The number of thioether (sulfide) groups is 1. The molecule has 0 aromatic heterocycles. The van der Waals surface area contributed by atoms with E-state index >= 15 is 0 Å². The molecule has 7 nitrogen and oxygen atoms in total. The molecule has 206 valence electrons. The van der Waals surface area contributed by atoms with E-state index in [0.717, 1.165) is 22.4 Å². The minimum Gasteiger partial charge on any atom is -0.481 e. The first-order valence-electron chi connectivity index (χ1n) is 13.2. The molecule has 5 rings (SSSR count). The number of carboxylic acid groups (broad SMARTS) is 1. The molecule has 9 heteroatoms. The van der Waals surface area contributed by atoms with Crippen LogP contribution in [0.15, 0.2) is 61.2 Å². The third-order valence-electron chi connectivity index (χ3n) is 8.40. The first-order valence-corrected chi connectivity index (χ1v) is 14.9. The third-order valence-corrected chi connectivity index (χ3v) is 11.6. The molecule has 2 amide bonds. The number of halogens is 1. The van der Waals surface area contributed by atoms with E-state index in [1.807, 2.05) is 62.4 Å². The fourth-order valence-corrected chi connectivity index (χ4v) is 10.3. The van der Waals surface area contributed by atoms with Crippen LogP contribution in [0.25, 0.3) is 0 Å². The number of likely N-dealkylation sites (tertiary alicyclic amines) is 1. The topological polar surface area (TPSA) is 98.2 Å². The van der Waals surface area contributed by atoms with Crippen molar-refractivity contribution in [3.05, 3.63) is 77.9 Å². The number of fused-ring (bicyclic) bond motifs is 1. The van der Waals surface area contributed by atoms with E-state index in [4.69, 9.17) is 0 Å². The van der Waals surface area contributed by atoms with Gasteiger partial charge in [0.25, 0.3) is 5.91 Å². The lowest BCUT2D eigenvalue weighted by Crippen LogP contribution is -2.58. The number of aliphatic hydroxyl groups is 1. The number of rotatable bonds is 9. The normalized spacial score (nSPS) is 29.8. The van der Waals surface area contributed by atoms with Crippen LogP contribution in [0.5, 0.6) is 0 Å². The van der Waals surface area contributed by atoms with Crippen molar-refractivity contribution in [2.75, 3.05) is 18.1 Å². The number of hydrogen-bond acceptors (Lipinski definition) is 5. The fraction of sp³-hybridized carbons (Fsp3) is 0.433. The van der Waals surface area contributed by atoms with Gasteiger partial charge in [0, 0.05) is 22.3 Å². The Kier molecular flexibility index (Phi) is 7.70. The Hall–Kier alpha value is -2.62. The molecule has 1 spiro atoms. The second-order valence-electron chi connectivity index (χ2n) is 10.8. The van der Waals surface area contributed by atoms with E-state index in [0.29, 0.717) is 12.8 Å². The zero-order valence-corrected chi connectivity index (χ0v) is 24.4. The zero-order chi connectivity index (χ0) is 28.1. The molecule has 0 radical (unpaired) electrons. The van der Waals surface area contributed by atoms with Crippen molar-refractivity contribution in [1.29, 1.82) is 0 Å². The van der Waals surface area contributed by atoms with Crippen LogP contribution in [0.3, 0.4) is 0 Å². The van der Waals surface area contributed by atoms with Crippen molar-refractivity contribution < 1.29 is 24.6 Å². The first kappa shape index (κ1) is 27.9. The maximum atomic E-state index is 14.8. The summed E-state index contributed by atoms with van der Waals surface area (Å²) >= 11 is 5.15. The van der Waals surface area contributed by atoms with Gasteiger partial charge in [-0.25, -0.2) is 0 Å². The van der Waals surface area contributed by atoms with Gasteiger partial charge < -0.3 is 20.0 Å². The van der Waals surface area contributed by atoms with Gasteiger partial charge in [-0.05, 0) is 49.4 Å². The Bertz CT molecular complexity index is 1310. The molecule has 3 fully saturated rings. The molecule has 0 saturated carbocycles. The highest BCUT2D eigenvalue weighted by Crippen LogP contribution is 2.68. The summed E-state index contributed by atoms with van der Waals surface area (Å²) in [7, 11) is 0. The van der Waals surface area contributed by atoms with Gasteiger partial charge in [-0.3, -0.25) is 14.4 Å². The van der Waals surface area contributed by atoms with E-state index in [1.54, 1.807) is 11.0 Å². The molecule has 0 aliphatic carbocycles. The number of aliphatic hydroxyl groups excluding tert-OH is 1. The molecular formula is C30H33BrN2O5S. The maximum Gasteiger partial charge on any atom is 0.308 e. The highest BCUT2D eigenvalue weighted by molar-refractivity contribution is 9.09. The van der Waals surface area contributed by atoms with Gasteiger partial charge in [0.05, 0.1) is 29.2 Å². The third kappa shape index (κ3) is 4.52. The van der Waals surface area contributed by atoms with Crippen LogP contribution >= 0.6 is 27.7 Å². The summed E-state index contributed by atoms with van der Waals surface area (Å²) in [6.45, 7) is 7.67. The zero-order valence-electron chi connectivity index (χ0n) is 22.0. The summed E-state index contributed by atoms with van der Waals surface area (Å²) in [5.41, 5.74) is 3.56. The number of aliphatic carboxylic acids is 1. The van der Waals surface area contributed by atoms with Crippen LogP contribution in [0.4, 0.5) is 5.69 Å². The molecule has 2 N–H and O–H groups in total. The second kappa shape index (κ2) is 10.7. The molecule has 3 unspecified atom stereocenters. The van der Waals surface area contributed by atoms with Gasteiger partial charge in [0.15, 0.2) is 0 Å². The number of carbonyl (C=O) groups is 3. The standard InChI is InChI=1S/C30H33BrN2O5S/c1-4-12-32(22-13-17(2)10-11-18(22)3)28(36)26-30-15-21(31)25(39-30)23(29(37)38)24(30)27(35)33(26)20(16-34)14-19-8-6-5-7-9-19/h4-11,13,20-21,23-26,34H,1,12,14-16H2,2-3H3,(H,37,38)/t20-,21?,23-,24+,25-,26?,30?/m1/s1. The van der Waals surface area contributed by atoms with E-state index in [1.165, 1.54) is 16.7 Å². The minimum atomic E-state index is -1.02. The van der Waals surface area contributed by atoms with Crippen molar-refractivity contribution in [1.82, 2.24) is 4.90 Å². The number of benzene rings is 2. The monoisotopic (exact) mass is 612 g/mol. The molecule has 2 aromatic rings. The van der Waals surface area contributed by atoms with Crippen LogP contribution in [0, 0.1) is 25.7 Å². The Labute approximate surface area is 241 Å². The fourth-order valence-electron chi connectivity index (χ4n) is 6.75. The number of carbonyl (C=O) groups excluding carboxylic acids is 2. The molecule has 3 saturated heterocycles. The van der Waals surface area contributed by atoms with Crippen LogP contribution in [-0.2, 0) is 20.8 Å². The van der Waals surface area contributed by atoms with Crippen LogP contribution in [0.2, 0.25) is 0 Å². The molecule has 2 aromatic carbocycles. The number of anilines is 1. The molecule has 39 heavy (non-hydrogen) atoms. The lowest BCUT2D eigenvalue weighted by Gasteiger charge is -2.40. The largest absolute Gasteiger partial charge is 0.481 e. The van der Waals surface area contributed by atoms with Gasteiger partial charge in [0.1, 0.15) is 6.04 Å².